The lowest BCUT2D eigenvalue weighted by atomic mass is 10.1. The van der Waals surface area contributed by atoms with Gasteiger partial charge in [-0.05, 0) is 17.7 Å². The highest BCUT2D eigenvalue weighted by Gasteiger charge is 2.38. The highest BCUT2D eigenvalue weighted by atomic mass is 19.4. The van der Waals surface area contributed by atoms with E-state index in [0.717, 1.165) is 35.8 Å². The molecule has 2 aliphatic rings. The zero-order valence-electron chi connectivity index (χ0n) is 16.8. The van der Waals surface area contributed by atoms with Crippen molar-refractivity contribution in [3.63, 3.8) is 0 Å². The van der Waals surface area contributed by atoms with E-state index in [2.05, 4.69) is 9.88 Å². The van der Waals surface area contributed by atoms with E-state index in [9.17, 15) is 18.0 Å². The van der Waals surface area contributed by atoms with Crippen LogP contribution in [-0.4, -0.2) is 69.9 Å². The molecule has 0 aliphatic carbocycles. The van der Waals surface area contributed by atoms with Crippen molar-refractivity contribution in [1.82, 2.24) is 19.4 Å². The summed E-state index contributed by atoms with van der Waals surface area (Å²) < 4.78 is 44.5. The quantitative estimate of drug-likeness (QED) is 0.775. The van der Waals surface area contributed by atoms with Gasteiger partial charge in [-0.2, -0.15) is 13.2 Å². The van der Waals surface area contributed by atoms with Crippen LogP contribution in [0.5, 0.6) is 11.5 Å². The highest BCUT2D eigenvalue weighted by molar-refractivity contribution is 5.80. The number of carboxylic acid groups (broad SMARTS) is 1. The third kappa shape index (κ3) is 5.26. The molecule has 1 aromatic carbocycles. The summed E-state index contributed by atoms with van der Waals surface area (Å²) in [6.07, 6.45) is -1.50. The van der Waals surface area contributed by atoms with Gasteiger partial charge in [0, 0.05) is 39.9 Å². The number of likely N-dealkylation sites (N-methyl/N-ethyl adjacent to an activating group) is 1. The summed E-state index contributed by atoms with van der Waals surface area (Å²) >= 11 is 0. The van der Waals surface area contributed by atoms with Crippen LogP contribution in [0, 0.1) is 0 Å². The fraction of sp³-hybridized carbons (Fsp3) is 0.421. The van der Waals surface area contributed by atoms with Crippen molar-refractivity contribution in [2.24, 2.45) is 0 Å². The van der Waals surface area contributed by atoms with Crippen LogP contribution < -0.4 is 9.47 Å². The van der Waals surface area contributed by atoms with Crippen molar-refractivity contribution < 1.29 is 37.3 Å². The molecule has 0 saturated carbocycles. The van der Waals surface area contributed by atoms with Crippen LogP contribution >= 0.6 is 0 Å². The zero-order chi connectivity index (χ0) is 22.8. The normalized spacial score (nSPS) is 17.4. The Morgan fingerprint density at radius 2 is 1.94 bits per heavy atom. The average molecular weight is 442 g/mol. The van der Waals surface area contributed by atoms with Crippen molar-refractivity contribution in [1.29, 1.82) is 0 Å². The Kier molecular flexibility index (Phi) is 6.39. The van der Waals surface area contributed by atoms with Gasteiger partial charge in [0.05, 0.1) is 12.0 Å². The Balaban J connectivity index is 0.000000339. The molecule has 1 unspecified atom stereocenters. The molecular weight excluding hydrogens is 421 g/mol. The van der Waals surface area contributed by atoms with Crippen LogP contribution in [0.25, 0.3) is 0 Å². The van der Waals surface area contributed by atoms with Crippen molar-refractivity contribution in [3.05, 3.63) is 42.0 Å². The number of aromatic nitrogens is 2. The zero-order valence-corrected chi connectivity index (χ0v) is 16.8. The lowest BCUT2D eigenvalue weighted by Crippen LogP contribution is -2.43. The molecule has 2 aromatic rings. The second kappa shape index (κ2) is 8.84. The molecule has 0 fully saturated rings. The van der Waals surface area contributed by atoms with Gasteiger partial charge in [-0.3, -0.25) is 9.69 Å². The van der Waals surface area contributed by atoms with Crippen LogP contribution in [0.4, 0.5) is 13.2 Å². The minimum atomic E-state index is -5.08. The average Bonchev–Trinajstić information content (AvgIpc) is 3.35. The Morgan fingerprint density at radius 1 is 1.26 bits per heavy atom. The molecule has 0 bridgehead atoms. The number of hydrogen-bond acceptors (Lipinski definition) is 6. The van der Waals surface area contributed by atoms with Gasteiger partial charge in [0.2, 0.25) is 12.7 Å². The van der Waals surface area contributed by atoms with Crippen LogP contribution in [0.2, 0.25) is 0 Å². The Hall–Kier alpha value is -3.28. The summed E-state index contributed by atoms with van der Waals surface area (Å²) in [5.41, 5.74) is 2.20. The van der Waals surface area contributed by atoms with Crippen LogP contribution in [0.15, 0.2) is 30.7 Å². The molecule has 1 N–H and O–H groups in total. The molecule has 168 valence electrons. The number of carbonyl (C=O) groups excluding carboxylic acids is 1. The minimum Gasteiger partial charge on any atom is -0.475 e. The fourth-order valence-electron chi connectivity index (χ4n) is 3.27. The summed E-state index contributed by atoms with van der Waals surface area (Å²) in [6.45, 7) is 2.46. The van der Waals surface area contributed by atoms with Gasteiger partial charge in [-0.15, -0.1) is 0 Å². The Labute approximate surface area is 175 Å². The van der Waals surface area contributed by atoms with Crippen molar-refractivity contribution in [2.75, 3.05) is 27.4 Å². The summed E-state index contributed by atoms with van der Waals surface area (Å²) in [7, 11) is 3.57. The second-order valence-electron chi connectivity index (χ2n) is 7.20. The molecule has 1 amide bonds. The maximum absolute atomic E-state index is 12.5. The number of benzene rings is 1. The number of alkyl halides is 3. The smallest absolute Gasteiger partial charge is 0.475 e. The molecule has 0 radical (unpaired) electrons. The monoisotopic (exact) mass is 442 g/mol. The predicted octanol–water partition coefficient (Wildman–Crippen LogP) is 1.89. The first-order valence-electron chi connectivity index (χ1n) is 9.19. The number of carboxylic acids is 1. The first-order chi connectivity index (χ1) is 14.6. The summed E-state index contributed by atoms with van der Waals surface area (Å²) in [6, 6.07) is 5.76. The molecule has 9 nitrogen and oxygen atoms in total. The number of ether oxygens (including phenoxy) is 2. The summed E-state index contributed by atoms with van der Waals surface area (Å²) in [5.74, 6) is -1.09. The number of fused-ring (bicyclic) bond motifs is 2. The van der Waals surface area contributed by atoms with E-state index >= 15 is 0 Å². The molecule has 1 atom stereocenters. The number of carbonyl (C=O) groups is 2. The minimum absolute atomic E-state index is 0.0876. The lowest BCUT2D eigenvalue weighted by molar-refractivity contribution is -0.192. The van der Waals surface area contributed by atoms with E-state index < -0.39 is 12.1 Å². The Morgan fingerprint density at radius 3 is 2.58 bits per heavy atom. The first-order valence-corrected chi connectivity index (χ1v) is 9.19. The Bertz CT molecular complexity index is 960. The molecule has 0 saturated heterocycles. The number of imidazole rings is 1. The number of rotatable bonds is 3. The molecule has 2 aliphatic heterocycles. The van der Waals surface area contributed by atoms with E-state index in [1.54, 1.807) is 25.3 Å². The molecule has 12 heteroatoms. The third-order valence-electron chi connectivity index (χ3n) is 4.71. The maximum Gasteiger partial charge on any atom is 0.490 e. The third-order valence-corrected chi connectivity index (χ3v) is 4.71. The molecule has 1 aromatic heterocycles. The molecular formula is C19H21F3N4O5. The predicted molar refractivity (Wildman–Crippen MR) is 100 cm³/mol. The van der Waals surface area contributed by atoms with Crippen LogP contribution in [0.3, 0.4) is 0 Å². The van der Waals surface area contributed by atoms with Gasteiger partial charge < -0.3 is 24.0 Å². The van der Waals surface area contributed by atoms with Gasteiger partial charge in [0.15, 0.2) is 11.5 Å². The number of aliphatic carboxylic acids is 1. The molecule has 4 rings (SSSR count). The fourth-order valence-corrected chi connectivity index (χ4v) is 3.27. The molecule has 31 heavy (non-hydrogen) atoms. The van der Waals surface area contributed by atoms with Crippen LogP contribution in [0.1, 0.15) is 17.3 Å². The van der Waals surface area contributed by atoms with E-state index in [1.165, 1.54) is 0 Å². The summed E-state index contributed by atoms with van der Waals surface area (Å²) in [5, 5.41) is 7.12. The lowest BCUT2D eigenvalue weighted by Gasteiger charge is -2.34. The van der Waals surface area contributed by atoms with Crippen molar-refractivity contribution >= 4 is 11.9 Å². The number of amides is 1. The van der Waals surface area contributed by atoms with Crippen molar-refractivity contribution in [2.45, 2.75) is 25.3 Å². The SMILES string of the molecule is CN(C)C(=O)C1CN(Cc2ccc3c(c2)OCO3)Cc2cncn21.O=C(O)C(F)(F)F. The number of nitrogens with zero attached hydrogens (tertiary/aromatic N) is 4. The summed E-state index contributed by atoms with van der Waals surface area (Å²) in [4.78, 5) is 29.5. The van der Waals surface area contributed by atoms with E-state index in [0.29, 0.717) is 6.54 Å². The first kappa shape index (κ1) is 22.4. The molecule has 0 spiro atoms. The van der Waals surface area contributed by atoms with E-state index in [-0.39, 0.29) is 18.7 Å². The van der Waals surface area contributed by atoms with E-state index in [4.69, 9.17) is 19.4 Å². The van der Waals surface area contributed by atoms with Crippen molar-refractivity contribution in [3.8, 4) is 11.5 Å². The standard InChI is InChI=1S/C17H20N4O3.C2HF3O2/c1-19(2)17(22)14-9-20(8-13-6-18-10-21(13)14)7-12-3-4-15-16(5-12)24-11-23-15;3-2(4,5)1(6)7/h3-6,10,14H,7-9,11H2,1-2H3;(H,6,7). The number of hydrogen-bond donors (Lipinski definition) is 1. The van der Waals surface area contributed by atoms with Gasteiger partial charge >= 0.3 is 12.1 Å². The largest absolute Gasteiger partial charge is 0.490 e. The maximum atomic E-state index is 12.5. The van der Waals surface area contributed by atoms with E-state index in [1.807, 2.05) is 29.0 Å². The van der Waals surface area contributed by atoms with Gasteiger partial charge in [0.25, 0.3) is 0 Å². The van der Waals surface area contributed by atoms with Crippen LogP contribution in [-0.2, 0) is 22.7 Å². The molecule has 3 heterocycles. The highest BCUT2D eigenvalue weighted by Crippen LogP contribution is 2.33. The van der Waals surface area contributed by atoms with Gasteiger partial charge in [-0.25, -0.2) is 9.78 Å². The number of halogens is 3. The van der Waals surface area contributed by atoms with Gasteiger partial charge in [0.1, 0.15) is 6.04 Å². The topological polar surface area (TPSA) is 97.1 Å². The second-order valence-corrected chi connectivity index (χ2v) is 7.20. The van der Waals surface area contributed by atoms with Gasteiger partial charge in [-0.1, -0.05) is 6.07 Å².